The molecule has 0 amide bonds. The molecule has 0 bridgehead atoms. The Bertz CT molecular complexity index is 637. The third-order valence-electron chi connectivity index (χ3n) is 2.65. The molecule has 2 rings (SSSR count). The topological polar surface area (TPSA) is 66.8 Å². The second-order valence-corrected chi connectivity index (χ2v) is 4.79. The zero-order chi connectivity index (χ0) is 14.0. The fourth-order valence-corrected chi connectivity index (χ4v) is 2.02. The van der Waals surface area contributed by atoms with Crippen molar-refractivity contribution in [2.75, 3.05) is 7.11 Å². The van der Waals surface area contributed by atoms with Gasteiger partial charge in [-0.25, -0.2) is 0 Å². The minimum Gasteiger partial charge on any atom is -0.507 e. The molecule has 2 aromatic carbocycles. The molecule has 4 nitrogen and oxygen atoms in total. The first-order valence-electron chi connectivity index (χ1n) is 5.43. The third kappa shape index (κ3) is 2.71. The molecule has 0 aliphatic heterocycles. The lowest BCUT2D eigenvalue weighted by Gasteiger charge is -2.07. The average molecular weight is 323 g/mol. The summed E-state index contributed by atoms with van der Waals surface area (Å²) in [5.74, 6) is -0.333. The van der Waals surface area contributed by atoms with Crippen molar-refractivity contribution in [2.45, 2.75) is 0 Å². The molecule has 0 saturated heterocycles. The second kappa shape index (κ2) is 5.32. The highest BCUT2D eigenvalue weighted by Gasteiger charge is 2.17. The number of rotatable bonds is 3. The second-order valence-electron chi connectivity index (χ2n) is 3.87. The summed E-state index contributed by atoms with van der Waals surface area (Å²) >= 11 is 3.20. The van der Waals surface area contributed by atoms with Crippen LogP contribution in [-0.2, 0) is 0 Å². The Morgan fingerprint density at radius 2 is 1.63 bits per heavy atom. The van der Waals surface area contributed by atoms with Gasteiger partial charge >= 0.3 is 0 Å². The van der Waals surface area contributed by atoms with Crippen LogP contribution in [0.5, 0.6) is 17.2 Å². The van der Waals surface area contributed by atoms with Crippen molar-refractivity contribution in [3.05, 3.63) is 52.0 Å². The van der Waals surface area contributed by atoms with E-state index < -0.39 is 5.78 Å². The van der Waals surface area contributed by atoms with Crippen LogP contribution in [0.2, 0.25) is 0 Å². The highest BCUT2D eigenvalue weighted by molar-refractivity contribution is 9.10. The molecule has 0 unspecified atom stereocenters. The van der Waals surface area contributed by atoms with Crippen LogP contribution in [0.15, 0.2) is 40.9 Å². The molecule has 0 saturated carbocycles. The number of ether oxygens (including phenoxy) is 1. The van der Waals surface area contributed by atoms with Crippen LogP contribution in [0.4, 0.5) is 0 Å². The van der Waals surface area contributed by atoms with Crippen molar-refractivity contribution in [3.63, 3.8) is 0 Å². The number of hydrogen-bond acceptors (Lipinski definition) is 4. The molecule has 0 spiro atoms. The monoisotopic (exact) mass is 322 g/mol. The number of halogens is 1. The van der Waals surface area contributed by atoms with Gasteiger partial charge in [0.2, 0.25) is 0 Å². The van der Waals surface area contributed by atoms with Gasteiger partial charge in [0.15, 0.2) is 5.78 Å². The zero-order valence-corrected chi connectivity index (χ0v) is 11.6. The van der Waals surface area contributed by atoms with Crippen molar-refractivity contribution < 1.29 is 19.7 Å². The van der Waals surface area contributed by atoms with E-state index in [2.05, 4.69) is 15.9 Å². The summed E-state index contributed by atoms with van der Waals surface area (Å²) in [5.41, 5.74) is 0.238. The van der Waals surface area contributed by atoms with Crippen molar-refractivity contribution >= 4 is 21.7 Å². The van der Waals surface area contributed by atoms with Gasteiger partial charge in [0.25, 0.3) is 0 Å². The summed E-state index contributed by atoms with van der Waals surface area (Å²) in [7, 11) is 1.47. The summed E-state index contributed by atoms with van der Waals surface area (Å²) in [4.78, 5) is 12.2. The molecule has 5 heteroatoms. The smallest absolute Gasteiger partial charge is 0.200 e. The maximum Gasteiger partial charge on any atom is 0.200 e. The van der Waals surface area contributed by atoms with Crippen LogP contribution in [0.3, 0.4) is 0 Å². The minimum atomic E-state index is -0.454. The van der Waals surface area contributed by atoms with Crippen LogP contribution >= 0.6 is 15.9 Å². The van der Waals surface area contributed by atoms with Crippen molar-refractivity contribution in [2.24, 2.45) is 0 Å². The Kier molecular flexibility index (Phi) is 3.76. The molecule has 0 heterocycles. The number of carbonyl (C=O) groups excluding carboxylic acids is 1. The van der Waals surface area contributed by atoms with Crippen molar-refractivity contribution in [3.8, 4) is 17.2 Å². The van der Waals surface area contributed by atoms with Crippen LogP contribution < -0.4 is 4.74 Å². The van der Waals surface area contributed by atoms with Crippen LogP contribution in [0.25, 0.3) is 0 Å². The normalized spacial score (nSPS) is 10.2. The first-order chi connectivity index (χ1) is 9.02. The van der Waals surface area contributed by atoms with E-state index in [9.17, 15) is 15.0 Å². The molecule has 0 fully saturated rings. The Labute approximate surface area is 118 Å². The van der Waals surface area contributed by atoms with Crippen LogP contribution in [-0.4, -0.2) is 23.1 Å². The molecule has 2 N–H and O–H groups in total. The number of phenols is 2. The third-order valence-corrected chi connectivity index (χ3v) is 3.15. The lowest BCUT2D eigenvalue weighted by Crippen LogP contribution is -2.02. The predicted octanol–water partition coefficient (Wildman–Crippen LogP) is 3.10. The SMILES string of the molecule is COc1ccc(C(=O)c2ccc(Br)cc2O)c(O)c1. The quantitative estimate of drug-likeness (QED) is 0.852. The summed E-state index contributed by atoms with van der Waals surface area (Å²) in [6.07, 6.45) is 0. The van der Waals surface area contributed by atoms with Gasteiger partial charge in [-0.1, -0.05) is 15.9 Å². The van der Waals surface area contributed by atoms with E-state index >= 15 is 0 Å². The van der Waals surface area contributed by atoms with Crippen LogP contribution in [0.1, 0.15) is 15.9 Å². The van der Waals surface area contributed by atoms with Gasteiger partial charge in [-0.05, 0) is 30.3 Å². The Hall–Kier alpha value is -2.01. The number of benzene rings is 2. The average Bonchev–Trinajstić information content (AvgIpc) is 2.37. The number of aromatic hydroxyl groups is 2. The molecule has 0 radical (unpaired) electrons. The van der Waals surface area contributed by atoms with Gasteiger partial charge in [0.05, 0.1) is 18.2 Å². The fraction of sp³-hybridized carbons (Fsp3) is 0.0714. The maximum absolute atomic E-state index is 12.2. The van der Waals surface area contributed by atoms with Gasteiger partial charge in [0, 0.05) is 10.5 Å². The fourth-order valence-electron chi connectivity index (χ4n) is 1.67. The Morgan fingerprint density at radius 3 is 2.16 bits per heavy atom. The number of phenolic OH excluding ortho intramolecular Hbond substituents is 2. The first-order valence-corrected chi connectivity index (χ1v) is 6.22. The number of methoxy groups -OCH3 is 1. The van der Waals surface area contributed by atoms with E-state index in [-0.39, 0.29) is 22.6 Å². The molecular weight excluding hydrogens is 312 g/mol. The number of hydrogen-bond donors (Lipinski definition) is 2. The molecule has 0 aliphatic rings. The minimum absolute atomic E-state index is 0.110. The largest absolute Gasteiger partial charge is 0.507 e. The Balaban J connectivity index is 2.44. The summed E-state index contributed by atoms with van der Waals surface area (Å²) < 4.78 is 5.62. The standard InChI is InChI=1S/C14H11BrO4/c1-19-9-3-5-11(13(17)7-9)14(18)10-4-2-8(15)6-12(10)16/h2-7,16-17H,1H3. The zero-order valence-electron chi connectivity index (χ0n) is 10.1. The molecule has 98 valence electrons. The van der Waals surface area contributed by atoms with E-state index in [1.54, 1.807) is 12.1 Å². The van der Waals surface area contributed by atoms with Gasteiger partial charge in [-0.15, -0.1) is 0 Å². The molecular formula is C14H11BrO4. The van der Waals surface area contributed by atoms with Gasteiger partial charge in [-0.2, -0.15) is 0 Å². The number of carbonyl (C=O) groups is 1. The highest BCUT2D eigenvalue weighted by Crippen LogP contribution is 2.29. The highest BCUT2D eigenvalue weighted by atomic mass is 79.9. The van der Waals surface area contributed by atoms with Gasteiger partial charge < -0.3 is 14.9 Å². The van der Waals surface area contributed by atoms with E-state index in [0.29, 0.717) is 10.2 Å². The van der Waals surface area contributed by atoms with Gasteiger partial charge in [-0.3, -0.25) is 4.79 Å². The summed E-state index contributed by atoms with van der Waals surface area (Å²) in [6, 6.07) is 8.94. The van der Waals surface area contributed by atoms with Gasteiger partial charge in [0.1, 0.15) is 17.2 Å². The lowest BCUT2D eigenvalue weighted by atomic mass is 10.0. The summed E-state index contributed by atoms with van der Waals surface area (Å²) in [5, 5.41) is 19.6. The molecule has 19 heavy (non-hydrogen) atoms. The summed E-state index contributed by atoms with van der Waals surface area (Å²) in [6.45, 7) is 0. The van der Waals surface area contributed by atoms with E-state index in [4.69, 9.17) is 4.74 Å². The predicted molar refractivity (Wildman–Crippen MR) is 73.9 cm³/mol. The molecule has 0 aliphatic carbocycles. The molecule has 2 aromatic rings. The van der Waals surface area contributed by atoms with E-state index in [1.165, 1.54) is 31.4 Å². The Morgan fingerprint density at radius 1 is 1.05 bits per heavy atom. The molecule has 0 aromatic heterocycles. The van der Waals surface area contributed by atoms with Crippen molar-refractivity contribution in [1.29, 1.82) is 0 Å². The van der Waals surface area contributed by atoms with E-state index in [1.807, 2.05) is 0 Å². The first kappa shape index (κ1) is 13.4. The van der Waals surface area contributed by atoms with Crippen LogP contribution in [0, 0.1) is 0 Å². The lowest BCUT2D eigenvalue weighted by molar-refractivity contribution is 0.103. The van der Waals surface area contributed by atoms with E-state index in [0.717, 1.165) is 0 Å². The maximum atomic E-state index is 12.2. The molecule has 0 atom stereocenters. The van der Waals surface area contributed by atoms with Crippen molar-refractivity contribution in [1.82, 2.24) is 0 Å². The number of ketones is 1.